The van der Waals surface area contributed by atoms with Crippen LogP contribution in [0.4, 0.5) is 5.82 Å². The predicted molar refractivity (Wildman–Crippen MR) is 85.7 cm³/mol. The van der Waals surface area contributed by atoms with E-state index in [0.717, 1.165) is 36.0 Å². The molecule has 116 valence electrons. The Morgan fingerprint density at radius 3 is 2.95 bits per heavy atom. The minimum absolute atomic E-state index is 0.401. The molecule has 1 aliphatic rings. The Morgan fingerprint density at radius 1 is 1.32 bits per heavy atom. The van der Waals surface area contributed by atoms with Crippen molar-refractivity contribution in [1.82, 2.24) is 9.97 Å². The van der Waals surface area contributed by atoms with Crippen LogP contribution < -0.4 is 14.4 Å². The van der Waals surface area contributed by atoms with Gasteiger partial charge in [-0.15, -0.1) is 0 Å². The van der Waals surface area contributed by atoms with Crippen LogP contribution in [-0.2, 0) is 12.8 Å². The van der Waals surface area contributed by atoms with Crippen LogP contribution in [0, 0.1) is 5.92 Å². The minimum atomic E-state index is 0.401. The Hall–Kier alpha value is -2.30. The molecule has 1 aromatic heterocycles. The van der Waals surface area contributed by atoms with Crippen LogP contribution >= 0.6 is 0 Å². The van der Waals surface area contributed by atoms with Crippen LogP contribution in [0.25, 0.3) is 0 Å². The summed E-state index contributed by atoms with van der Waals surface area (Å²) in [4.78, 5) is 11.0. The molecule has 5 heteroatoms. The molecule has 0 spiro atoms. The van der Waals surface area contributed by atoms with Gasteiger partial charge < -0.3 is 14.4 Å². The molecule has 2 aromatic rings. The number of ether oxygens (including phenoxy) is 2. The molecule has 0 N–H and O–H groups in total. The molecule has 0 aliphatic carbocycles. The van der Waals surface area contributed by atoms with Crippen molar-refractivity contribution in [2.24, 2.45) is 5.92 Å². The lowest BCUT2D eigenvalue weighted by molar-refractivity contribution is 0.218. The molecule has 0 radical (unpaired) electrons. The number of methoxy groups -OCH3 is 1. The fraction of sp³-hybridized carbons (Fsp3) is 0.412. The summed E-state index contributed by atoms with van der Waals surface area (Å²) in [6, 6.07) is 7.93. The SMILES string of the molecule is COc1ccc2c(c1)OCC(Cc1nccc(N(C)C)n1)C2. The summed E-state index contributed by atoms with van der Waals surface area (Å²) in [7, 11) is 5.64. The molecule has 1 aromatic carbocycles. The smallest absolute Gasteiger partial charge is 0.131 e. The summed E-state index contributed by atoms with van der Waals surface area (Å²) in [5, 5.41) is 0. The average molecular weight is 299 g/mol. The number of aromatic nitrogens is 2. The molecule has 0 saturated heterocycles. The average Bonchev–Trinajstić information content (AvgIpc) is 2.54. The lowest BCUT2D eigenvalue weighted by Gasteiger charge is -2.25. The Balaban J connectivity index is 1.71. The standard InChI is InChI=1S/C17H21N3O2/c1-20(2)17-6-7-18-16(19-17)9-12-8-13-4-5-14(21-3)10-15(13)22-11-12/h4-7,10,12H,8-9,11H2,1-3H3. The van der Waals surface area contributed by atoms with Crippen molar-refractivity contribution in [2.75, 3.05) is 32.7 Å². The highest BCUT2D eigenvalue weighted by Crippen LogP contribution is 2.31. The number of benzene rings is 1. The second-order valence-corrected chi connectivity index (χ2v) is 5.78. The monoisotopic (exact) mass is 299 g/mol. The molecule has 0 saturated carbocycles. The van der Waals surface area contributed by atoms with E-state index in [1.165, 1.54) is 5.56 Å². The van der Waals surface area contributed by atoms with Crippen LogP contribution in [0.5, 0.6) is 11.5 Å². The molecule has 1 aliphatic heterocycles. The van der Waals surface area contributed by atoms with Gasteiger partial charge in [0.1, 0.15) is 23.1 Å². The van der Waals surface area contributed by atoms with Crippen molar-refractivity contribution in [3.05, 3.63) is 41.9 Å². The zero-order valence-corrected chi connectivity index (χ0v) is 13.2. The Kier molecular flexibility index (Phi) is 4.13. The van der Waals surface area contributed by atoms with E-state index < -0.39 is 0 Å². The van der Waals surface area contributed by atoms with Gasteiger partial charge in [-0.25, -0.2) is 9.97 Å². The van der Waals surface area contributed by atoms with Crippen LogP contribution in [0.3, 0.4) is 0 Å². The number of nitrogens with zero attached hydrogens (tertiary/aromatic N) is 3. The highest BCUT2D eigenvalue weighted by atomic mass is 16.5. The normalized spacial score (nSPS) is 16.6. The van der Waals surface area contributed by atoms with Crippen LogP contribution in [0.15, 0.2) is 30.5 Å². The third kappa shape index (κ3) is 3.13. The van der Waals surface area contributed by atoms with Crippen molar-refractivity contribution in [2.45, 2.75) is 12.8 Å². The first kappa shape index (κ1) is 14.6. The zero-order chi connectivity index (χ0) is 15.5. The number of rotatable bonds is 4. The molecule has 3 rings (SSSR count). The van der Waals surface area contributed by atoms with Gasteiger partial charge in [0.05, 0.1) is 13.7 Å². The van der Waals surface area contributed by atoms with Crippen molar-refractivity contribution < 1.29 is 9.47 Å². The van der Waals surface area contributed by atoms with Crippen molar-refractivity contribution in [3.8, 4) is 11.5 Å². The van der Waals surface area contributed by atoms with Gasteiger partial charge in [-0.2, -0.15) is 0 Å². The molecule has 2 heterocycles. The highest BCUT2D eigenvalue weighted by molar-refractivity contribution is 5.42. The van der Waals surface area contributed by atoms with Crippen molar-refractivity contribution >= 4 is 5.82 Å². The van der Waals surface area contributed by atoms with Gasteiger partial charge in [0.2, 0.25) is 0 Å². The first-order valence-corrected chi connectivity index (χ1v) is 7.44. The molecular formula is C17H21N3O2. The number of hydrogen-bond acceptors (Lipinski definition) is 5. The van der Waals surface area contributed by atoms with Gasteiger partial charge >= 0.3 is 0 Å². The maximum atomic E-state index is 5.88. The van der Waals surface area contributed by atoms with Crippen LogP contribution in [0.2, 0.25) is 0 Å². The van der Waals surface area contributed by atoms with Gasteiger partial charge in [0.15, 0.2) is 0 Å². The van der Waals surface area contributed by atoms with Crippen LogP contribution in [0.1, 0.15) is 11.4 Å². The fourth-order valence-corrected chi connectivity index (χ4v) is 2.67. The van der Waals surface area contributed by atoms with Gasteiger partial charge in [-0.05, 0) is 24.1 Å². The molecule has 1 atom stereocenters. The minimum Gasteiger partial charge on any atom is -0.497 e. The predicted octanol–water partition coefficient (Wildman–Crippen LogP) is 2.34. The maximum absolute atomic E-state index is 5.88. The summed E-state index contributed by atoms with van der Waals surface area (Å²) in [6.45, 7) is 0.690. The molecule has 0 fully saturated rings. The fourth-order valence-electron chi connectivity index (χ4n) is 2.67. The first-order chi connectivity index (χ1) is 10.7. The van der Waals surface area contributed by atoms with E-state index in [1.807, 2.05) is 43.4 Å². The first-order valence-electron chi connectivity index (χ1n) is 7.44. The quantitative estimate of drug-likeness (QED) is 0.867. The van der Waals surface area contributed by atoms with E-state index in [1.54, 1.807) is 7.11 Å². The number of fused-ring (bicyclic) bond motifs is 1. The summed E-state index contributed by atoms with van der Waals surface area (Å²) >= 11 is 0. The van der Waals surface area contributed by atoms with Crippen LogP contribution in [-0.4, -0.2) is 37.8 Å². The molecule has 0 bridgehead atoms. The molecule has 0 amide bonds. The van der Waals surface area contributed by atoms with E-state index in [9.17, 15) is 0 Å². The van der Waals surface area contributed by atoms with E-state index >= 15 is 0 Å². The highest BCUT2D eigenvalue weighted by Gasteiger charge is 2.21. The third-order valence-corrected chi connectivity index (χ3v) is 3.88. The summed E-state index contributed by atoms with van der Waals surface area (Å²) < 4.78 is 11.1. The molecular weight excluding hydrogens is 278 g/mol. The van der Waals surface area contributed by atoms with Crippen molar-refractivity contribution in [3.63, 3.8) is 0 Å². The Morgan fingerprint density at radius 2 is 2.18 bits per heavy atom. The molecule has 22 heavy (non-hydrogen) atoms. The second kappa shape index (κ2) is 6.22. The Labute approximate surface area is 130 Å². The summed E-state index contributed by atoms with van der Waals surface area (Å²) in [6.07, 6.45) is 3.63. The Bertz CT molecular complexity index is 658. The largest absolute Gasteiger partial charge is 0.497 e. The number of hydrogen-bond donors (Lipinski definition) is 0. The van der Waals surface area contributed by atoms with E-state index in [-0.39, 0.29) is 0 Å². The van der Waals surface area contributed by atoms with Crippen molar-refractivity contribution in [1.29, 1.82) is 0 Å². The lowest BCUT2D eigenvalue weighted by atomic mass is 9.93. The molecule has 1 unspecified atom stereocenters. The maximum Gasteiger partial charge on any atom is 0.131 e. The van der Waals surface area contributed by atoms with Gasteiger partial charge in [-0.3, -0.25) is 0 Å². The van der Waals surface area contributed by atoms with Gasteiger partial charge in [0.25, 0.3) is 0 Å². The van der Waals surface area contributed by atoms with E-state index in [0.29, 0.717) is 12.5 Å². The van der Waals surface area contributed by atoms with Gasteiger partial charge in [0, 0.05) is 38.7 Å². The zero-order valence-electron chi connectivity index (χ0n) is 13.2. The van der Waals surface area contributed by atoms with E-state index in [2.05, 4.69) is 16.0 Å². The third-order valence-electron chi connectivity index (χ3n) is 3.88. The second-order valence-electron chi connectivity index (χ2n) is 5.78. The van der Waals surface area contributed by atoms with E-state index in [4.69, 9.17) is 9.47 Å². The summed E-state index contributed by atoms with van der Waals surface area (Å²) in [5.41, 5.74) is 1.22. The van der Waals surface area contributed by atoms with Gasteiger partial charge in [-0.1, -0.05) is 6.07 Å². The topological polar surface area (TPSA) is 47.5 Å². The molecule has 5 nitrogen and oxygen atoms in total. The number of anilines is 1. The lowest BCUT2D eigenvalue weighted by Crippen LogP contribution is -2.24. The summed E-state index contributed by atoms with van der Waals surface area (Å²) in [5.74, 6) is 3.97.